The highest BCUT2D eigenvalue weighted by Gasteiger charge is 2.22. The molecule has 0 unspecified atom stereocenters. The molecule has 0 aliphatic carbocycles. The molecule has 0 radical (unpaired) electrons. The summed E-state index contributed by atoms with van der Waals surface area (Å²) in [4.78, 5) is 25.2. The monoisotopic (exact) mass is 590 g/mol. The lowest BCUT2D eigenvalue weighted by Crippen LogP contribution is -2.33. The summed E-state index contributed by atoms with van der Waals surface area (Å²) in [6.07, 6.45) is 14.3. The molecule has 240 valence electrons. The first-order valence-electron chi connectivity index (χ1n) is 15.7. The van der Waals surface area contributed by atoms with Crippen molar-refractivity contribution >= 4 is 18.1 Å². The van der Waals surface area contributed by atoms with Gasteiger partial charge in [-0.15, -0.1) is 0 Å². The average molecular weight is 591 g/mol. The molecule has 1 aromatic carbocycles. The SMILES string of the molecule is CCCCCCCCC/C(=C\c1c(C)c(OC)c(OC)c(C)c1OC)C(=O)NCCCCCCNC(=O)OC(C)(C)C. The lowest BCUT2D eigenvalue weighted by atomic mass is 9.96. The predicted molar refractivity (Wildman–Crippen MR) is 172 cm³/mol. The van der Waals surface area contributed by atoms with E-state index in [0.29, 0.717) is 36.8 Å². The molecule has 0 saturated heterocycles. The first-order chi connectivity index (χ1) is 20.0. The van der Waals surface area contributed by atoms with E-state index in [0.717, 1.165) is 60.8 Å². The standard InChI is InChI=1S/C34H58N2O6/c1-10-11-12-13-14-15-18-21-27(24-28-25(2)30(40-8)31(41-9)26(3)29(28)39-7)32(37)35-22-19-16-17-20-23-36-33(38)42-34(4,5)6/h24H,10-23H2,1-9H3,(H,35,37)(H,36,38)/b27-24+. The number of alkyl carbamates (subject to hydrolysis) is 1. The molecule has 8 heteroatoms. The second-order valence-electron chi connectivity index (χ2n) is 11.9. The number of methoxy groups -OCH3 is 3. The van der Waals surface area contributed by atoms with Gasteiger partial charge in [-0.1, -0.05) is 58.3 Å². The molecule has 0 bridgehead atoms. The van der Waals surface area contributed by atoms with Crippen molar-refractivity contribution in [1.29, 1.82) is 0 Å². The van der Waals surface area contributed by atoms with Crippen LogP contribution in [-0.2, 0) is 9.53 Å². The summed E-state index contributed by atoms with van der Waals surface area (Å²) in [5.74, 6) is 1.94. The van der Waals surface area contributed by atoms with Gasteiger partial charge in [0.1, 0.15) is 11.4 Å². The smallest absolute Gasteiger partial charge is 0.407 e. The molecule has 1 aromatic rings. The summed E-state index contributed by atoms with van der Waals surface area (Å²) in [7, 11) is 4.89. The Morgan fingerprint density at radius 2 is 1.19 bits per heavy atom. The zero-order chi connectivity index (χ0) is 31.5. The Morgan fingerprint density at radius 1 is 0.690 bits per heavy atom. The predicted octanol–water partition coefficient (Wildman–Crippen LogP) is 8.05. The molecule has 0 spiro atoms. The number of unbranched alkanes of at least 4 members (excludes halogenated alkanes) is 9. The fourth-order valence-corrected chi connectivity index (χ4v) is 4.99. The molecule has 0 aromatic heterocycles. The van der Waals surface area contributed by atoms with Gasteiger partial charge in [0.05, 0.1) is 21.3 Å². The van der Waals surface area contributed by atoms with E-state index in [1.807, 2.05) is 40.7 Å². The van der Waals surface area contributed by atoms with E-state index in [1.54, 1.807) is 21.3 Å². The molecule has 1 rings (SSSR count). The fraction of sp³-hybridized carbons (Fsp3) is 0.706. The maximum Gasteiger partial charge on any atom is 0.407 e. The first kappa shape index (κ1) is 37.1. The van der Waals surface area contributed by atoms with Crippen molar-refractivity contribution in [2.45, 2.75) is 124 Å². The van der Waals surface area contributed by atoms with Crippen molar-refractivity contribution in [1.82, 2.24) is 10.6 Å². The third kappa shape index (κ3) is 13.4. The molecule has 0 aliphatic rings. The molecule has 0 aliphatic heterocycles. The van der Waals surface area contributed by atoms with E-state index >= 15 is 0 Å². The van der Waals surface area contributed by atoms with Gasteiger partial charge in [-0.2, -0.15) is 0 Å². The zero-order valence-electron chi connectivity index (χ0n) is 27.9. The molecule has 0 saturated carbocycles. The Morgan fingerprint density at radius 3 is 1.74 bits per heavy atom. The number of ether oxygens (including phenoxy) is 4. The van der Waals surface area contributed by atoms with Gasteiger partial charge in [-0.05, 0) is 66.4 Å². The average Bonchev–Trinajstić information content (AvgIpc) is 2.93. The quantitative estimate of drug-likeness (QED) is 0.118. The van der Waals surface area contributed by atoms with Crippen molar-refractivity contribution in [2.24, 2.45) is 0 Å². The lowest BCUT2D eigenvalue weighted by Gasteiger charge is -2.20. The Bertz CT molecular complexity index is 997. The highest BCUT2D eigenvalue weighted by atomic mass is 16.6. The third-order valence-corrected chi connectivity index (χ3v) is 7.21. The summed E-state index contributed by atoms with van der Waals surface area (Å²) in [5, 5.41) is 5.93. The van der Waals surface area contributed by atoms with Gasteiger partial charge in [0, 0.05) is 35.4 Å². The van der Waals surface area contributed by atoms with Crippen LogP contribution in [0.3, 0.4) is 0 Å². The minimum Gasteiger partial charge on any atom is -0.496 e. The van der Waals surface area contributed by atoms with Gasteiger partial charge < -0.3 is 29.6 Å². The van der Waals surface area contributed by atoms with Crippen LogP contribution >= 0.6 is 0 Å². The lowest BCUT2D eigenvalue weighted by molar-refractivity contribution is -0.117. The van der Waals surface area contributed by atoms with Crippen LogP contribution in [-0.4, -0.2) is 52.0 Å². The Hall–Kier alpha value is -2.90. The Labute approximate surface area is 255 Å². The van der Waals surface area contributed by atoms with E-state index < -0.39 is 5.60 Å². The van der Waals surface area contributed by atoms with Crippen LogP contribution < -0.4 is 24.8 Å². The van der Waals surface area contributed by atoms with Gasteiger partial charge in [-0.25, -0.2) is 4.79 Å². The van der Waals surface area contributed by atoms with Crippen LogP contribution in [0.1, 0.15) is 121 Å². The van der Waals surface area contributed by atoms with Crippen LogP contribution in [0.25, 0.3) is 6.08 Å². The largest absolute Gasteiger partial charge is 0.496 e. The molecule has 42 heavy (non-hydrogen) atoms. The molecule has 2 amide bonds. The molecule has 0 atom stereocenters. The fourth-order valence-electron chi connectivity index (χ4n) is 4.99. The van der Waals surface area contributed by atoms with Crippen LogP contribution in [0.4, 0.5) is 4.79 Å². The van der Waals surface area contributed by atoms with E-state index in [-0.39, 0.29) is 12.0 Å². The number of nitrogens with one attached hydrogen (secondary N) is 2. The number of benzene rings is 1. The van der Waals surface area contributed by atoms with Crippen LogP contribution in [0.5, 0.6) is 17.2 Å². The topological polar surface area (TPSA) is 95.1 Å². The van der Waals surface area contributed by atoms with Crippen molar-refractivity contribution in [3.63, 3.8) is 0 Å². The number of amides is 2. The number of hydrogen-bond acceptors (Lipinski definition) is 6. The second kappa shape index (κ2) is 20.1. The summed E-state index contributed by atoms with van der Waals surface area (Å²) < 4.78 is 22.4. The van der Waals surface area contributed by atoms with Gasteiger partial charge in [-0.3, -0.25) is 4.79 Å². The van der Waals surface area contributed by atoms with Crippen molar-refractivity contribution < 1.29 is 28.5 Å². The normalized spacial score (nSPS) is 11.7. The molecule has 8 nitrogen and oxygen atoms in total. The van der Waals surface area contributed by atoms with Crippen LogP contribution in [0.2, 0.25) is 0 Å². The number of rotatable bonds is 20. The van der Waals surface area contributed by atoms with Gasteiger partial charge in [0.15, 0.2) is 11.5 Å². The van der Waals surface area contributed by atoms with Crippen molar-refractivity contribution in [3.8, 4) is 17.2 Å². The maximum absolute atomic E-state index is 13.4. The van der Waals surface area contributed by atoms with Gasteiger partial charge in [0.2, 0.25) is 5.91 Å². The van der Waals surface area contributed by atoms with E-state index in [4.69, 9.17) is 18.9 Å². The highest BCUT2D eigenvalue weighted by molar-refractivity contribution is 5.98. The number of carbonyl (C=O) groups is 2. The molecular formula is C34H58N2O6. The second-order valence-corrected chi connectivity index (χ2v) is 11.9. The zero-order valence-corrected chi connectivity index (χ0v) is 27.9. The molecule has 2 N–H and O–H groups in total. The summed E-state index contributed by atoms with van der Waals surface area (Å²) in [6.45, 7) is 12.9. The van der Waals surface area contributed by atoms with E-state index in [9.17, 15) is 9.59 Å². The third-order valence-electron chi connectivity index (χ3n) is 7.21. The van der Waals surface area contributed by atoms with Gasteiger partial charge >= 0.3 is 6.09 Å². The number of carbonyl (C=O) groups excluding carboxylic acids is 2. The van der Waals surface area contributed by atoms with E-state index in [1.165, 1.54) is 32.1 Å². The number of hydrogen-bond donors (Lipinski definition) is 2. The Kier molecular flexibility index (Phi) is 17.8. The summed E-state index contributed by atoms with van der Waals surface area (Å²) in [5.41, 5.74) is 2.82. The maximum atomic E-state index is 13.4. The summed E-state index contributed by atoms with van der Waals surface area (Å²) >= 11 is 0. The van der Waals surface area contributed by atoms with E-state index in [2.05, 4.69) is 17.6 Å². The van der Waals surface area contributed by atoms with Crippen LogP contribution in [0.15, 0.2) is 5.57 Å². The van der Waals surface area contributed by atoms with Crippen molar-refractivity contribution in [3.05, 3.63) is 22.3 Å². The first-order valence-corrected chi connectivity index (χ1v) is 15.7. The Balaban J connectivity index is 2.85. The van der Waals surface area contributed by atoms with Crippen molar-refractivity contribution in [2.75, 3.05) is 34.4 Å². The minimum absolute atomic E-state index is 0.0403. The molecular weight excluding hydrogens is 532 g/mol. The summed E-state index contributed by atoms with van der Waals surface area (Å²) in [6, 6.07) is 0. The van der Waals surface area contributed by atoms with Crippen LogP contribution in [0, 0.1) is 13.8 Å². The van der Waals surface area contributed by atoms with Gasteiger partial charge in [0.25, 0.3) is 0 Å². The molecule has 0 heterocycles. The highest BCUT2D eigenvalue weighted by Crippen LogP contribution is 2.44. The minimum atomic E-state index is -0.494. The molecule has 0 fully saturated rings.